The number of nitrogens with one attached hydrogen (secondary N) is 1. The first-order valence-corrected chi connectivity index (χ1v) is 13.1. The lowest BCUT2D eigenvalue weighted by Crippen LogP contribution is -2.22. The van der Waals surface area contributed by atoms with Crippen molar-refractivity contribution in [2.45, 2.75) is 26.7 Å². The van der Waals surface area contributed by atoms with Gasteiger partial charge in [0.1, 0.15) is 5.82 Å². The predicted octanol–water partition coefficient (Wildman–Crippen LogP) is 5.34. The molecule has 0 fully saturated rings. The fraction of sp³-hybridized carbons (Fsp3) is 0.241. The van der Waals surface area contributed by atoms with Crippen LogP contribution in [-0.2, 0) is 11.2 Å². The molecule has 9 nitrogen and oxygen atoms in total. The average Bonchev–Trinajstić information content (AvgIpc) is 2.93. The summed E-state index contributed by atoms with van der Waals surface area (Å²) in [4.78, 5) is 30.5. The average molecular weight is 593 g/mol. The first-order valence-electron chi connectivity index (χ1n) is 12.3. The molecule has 1 amide bonds. The van der Waals surface area contributed by atoms with Gasteiger partial charge in [0.2, 0.25) is 5.75 Å². The topological polar surface area (TPSA) is 104 Å². The lowest BCUT2D eigenvalue weighted by Gasteiger charge is -2.15. The van der Waals surface area contributed by atoms with Crippen molar-refractivity contribution in [1.29, 1.82) is 0 Å². The first kappa shape index (κ1) is 27.8. The number of hydrogen-bond acceptors (Lipinski definition) is 7. The Kier molecular flexibility index (Phi) is 8.98. The van der Waals surface area contributed by atoms with Gasteiger partial charge in [0.25, 0.3) is 11.5 Å². The number of ether oxygens (including phenoxy) is 3. The second-order valence-electron chi connectivity index (χ2n) is 8.71. The molecule has 1 aromatic heterocycles. The molecule has 0 unspecified atom stereocenters. The van der Waals surface area contributed by atoms with Crippen molar-refractivity contribution >= 4 is 44.6 Å². The lowest BCUT2D eigenvalue weighted by molar-refractivity contribution is -0.118. The number of nitrogens with zero attached hydrogens (tertiary/aromatic N) is 3. The Morgan fingerprint density at radius 3 is 2.49 bits per heavy atom. The van der Waals surface area contributed by atoms with E-state index in [1.54, 1.807) is 18.2 Å². The molecule has 0 aliphatic carbocycles. The molecular formula is C29H29BrN4O5. The molecule has 202 valence electrons. The maximum absolute atomic E-state index is 13.3. The van der Waals surface area contributed by atoms with E-state index in [9.17, 15) is 9.59 Å². The summed E-state index contributed by atoms with van der Waals surface area (Å²) >= 11 is 3.42. The highest BCUT2D eigenvalue weighted by atomic mass is 79.9. The van der Waals surface area contributed by atoms with Crippen LogP contribution >= 0.6 is 15.9 Å². The van der Waals surface area contributed by atoms with Gasteiger partial charge in [-0.15, -0.1) is 0 Å². The number of anilines is 1. The second-order valence-corrected chi connectivity index (χ2v) is 9.62. The number of carbonyl (C=O) groups excluding carboxylic acids is 1. The van der Waals surface area contributed by atoms with E-state index < -0.39 is 0 Å². The highest BCUT2D eigenvalue weighted by Crippen LogP contribution is 2.38. The molecule has 1 heterocycles. The van der Waals surface area contributed by atoms with Crippen molar-refractivity contribution in [2.24, 2.45) is 5.10 Å². The lowest BCUT2D eigenvalue weighted by atomic mass is 10.2. The monoisotopic (exact) mass is 592 g/mol. The summed E-state index contributed by atoms with van der Waals surface area (Å²) in [6, 6.07) is 16.3. The molecular weight excluding hydrogens is 564 g/mol. The Morgan fingerprint density at radius 1 is 1.10 bits per heavy atom. The number of fused-ring (bicyclic) bond motifs is 1. The van der Waals surface area contributed by atoms with Crippen molar-refractivity contribution in [3.8, 4) is 17.2 Å². The molecule has 3 aromatic carbocycles. The van der Waals surface area contributed by atoms with E-state index in [0.717, 1.165) is 16.5 Å². The van der Waals surface area contributed by atoms with Crippen LogP contribution in [0.25, 0.3) is 10.9 Å². The Labute approximate surface area is 234 Å². The van der Waals surface area contributed by atoms with E-state index in [0.29, 0.717) is 45.9 Å². The van der Waals surface area contributed by atoms with Gasteiger partial charge in [-0.3, -0.25) is 9.59 Å². The van der Waals surface area contributed by atoms with Crippen molar-refractivity contribution < 1.29 is 19.0 Å². The molecule has 1 N–H and O–H groups in total. The Morgan fingerprint density at radius 2 is 1.82 bits per heavy atom. The number of methoxy groups -OCH3 is 2. The van der Waals surface area contributed by atoms with Gasteiger partial charge in [-0.2, -0.15) is 9.78 Å². The van der Waals surface area contributed by atoms with Crippen LogP contribution in [0.2, 0.25) is 0 Å². The van der Waals surface area contributed by atoms with Gasteiger partial charge >= 0.3 is 0 Å². The van der Waals surface area contributed by atoms with Crippen molar-refractivity contribution in [3.63, 3.8) is 0 Å². The molecule has 0 saturated carbocycles. The van der Waals surface area contributed by atoms with Gasteiger partial charge in [0.15, 0.2) is 18.1 Å². The number of aryl methyl sites for hydroxylation is 2. The highest BCUT2D eigenvalue weighted by molar-refractivity contribution is 9.10. The molecule has 0 spiro atoms. The molecule has 10 heteroatoms. The molecule has 39 heavy (non-hydrogen) atoms. The van der Waals surface area contributed by atoms with Crippen molar-refractivity contribution in [2.75, 3.05) is 26.1 Å². The Bertz CT molecular complexity index is 1570. The molecule has 0 bridgehead atoms. The molecule has 0 aliphatic heterocycles. The van der Waals surface area contributed by atoms with E-state index in [4.69, 9.17) is 14.2 Å². The largest absolute Gasteiger partial charge is 0.493 e. The number of amides is 1. The number of para-hydroxylation sites is 1. The summed E-state index contributed by atoms with van der Waals surface area (Å²) in [5, 5.41) is 7.77. The van der Waals surface area contributed by atoms with Crippen LogP contribution in [0.5, 0.6) is 17.2 Å². The van der Waals surface area contributed by atoms with Crippen LogP contribution in [0.3, 0.4) is 0 Å². The standard InChI is InChI=1S/C29H29BrN4O5/c1-5-8-26-32-23-12-11-20(30)15-21(23)29(36)34(26)31-16-19-13-24(37-3)28(25(14-19)38-4)39-17-27(35)33-22-10-7-6-9-18(22)2/h6-7,9-16H,5,8,17H2,1-4H3,(H,33,35). The zero-order chi connectivity index (χ0) is 27.9. The van der Waals surface area contributed by atoms with Gasteiger partial charge in [0.05, 0.1) is 31.3 Å². The summed E-state index contributed by atoms with van der Waals surface area (Å²) in [6.45, 7) is 3.68. The van der Waals surface area contributed by atoms with Gasteiger partial charge in [-0.25, -0.2) is 4.98 Å². The van der Waals surface area contributed by atoms with Gasteiger partial charge in [-0.1, -0.05) is 41.1 Å². The molecule has 0 radical (unpaired) electrons. The summed E-state index contributed by atoms with van der Waals surface area (Å²) < 4.78 is 18.9. The number of aromatic nitrogens is 2. The van der Waals surface area contributed by atoms with Gasteiger partial charge in [0, 0.05) is 22.1 Å². The van der Waals surface area contributed by atoms with E-state index in [1.165, 1.54) is 25.1 Å². The second kappa shape index (κ2) is 12.6. The van der Waals surface area contributed by atoms with Crippen molar-refractivity contribution in [1.82, 2.24) is 9.66 Å². The molecule has 0 aliphatic rings. The van der Waals surface area contributed by atoms with Crippen LogP contribution in [0.15, 0.2) is 69.0 Å². The van der Waals surface area contributed by atoms with Crippen molar-refractivity contribution in [3.05, 3.63) is 86.4 Å². The zero-order valence-corrected chi connectivity index (χ0v) is 23.7. The predicted molar refractivity (Wildman–Crippen MR) is 156 cm³/mol. The minimum absolute atomic E-state index is 0.247. The zero-order valence-electron chi connectivity index (χ0n) is 22.2. The normalized spacial score (nSPS) is 11.1. The van der Waals surface area contributed by atoms with Gasteiger partial charge < -0.3 is 19.5 Å². The van der Waals surface area contributed by atoms with Crippen LogP contribution < -0.4 is 25.1 Å². The summed E-state index contributed by atoms with van der Waals surface area (Å²) in [6.07, 6.45) is 2.92. The SMILES string of the molecule is CCCc1nc2ccc(Br)cc2c(=O)n1N=Cc1cc(OC)c(OCC(=O)Nc2ccccc2C)c(OC)c1. The smallest absolute Gasteiger partial charge is 0.282 e. The molecule has 4 rings (SSSR count). The minimum Gasteiger partial charge on any atom is -0.493 e. The summed E-state index contributed by atoms with van der Waals surface area (Å²) in [7, 11) is 2.98. The number of halogens is 1. The fourth-order valence-corrected chi connectivity index (χ4v) is 4.34. The summed E-state index contributed by atoms with van der Waals surface area (Å²) in [5.74, 6) is 1.21. The first-order chi connectivity index (χ1) is 18.8. The summed E-state index contributed by atoms with van der Waals surface area (Å²) in [5.41, 5.74) is 2.61. The van der Waals surface area contributed by atoms with E-state index >= 15 is 0 Å². The molecule has 0 atom stereocenters. The van der Waals surface area contributed by atoms with E-state index in [2.05, 4.69) is 31.3 Å². The van der Waals surface area contributed by atoms with E-state index in [1.807, 2.05) is 50.2 Å². The third-order valence-corrected chi connectivity index (χ3v) is 6.41. The third-order valence-electron chi connectivity index (χ3n) is 5.92. The van der Waals surface area contributed by atoms with Gasteiger partial charge in [-0.05, 0) is 55.3 Å². The Hall–Kier alpha value is -4.18. The molecule has 0 saturated heterocycles. The highest BCUT2D eigenvalue weighted by Gasteiger charge is 2.17. The van der Waals surface area contributed by atoms with Crippen LogP contribution in [0.4, 0.5) is 5.69 Å². The van der Waals surface area contributed by atoms with Crippen LogP contribution in [0.1, 0.15) is 30.3 Å². The third kappa shape index (κ3) is 6.46. The number of benzene rings is 3. The Balaban J connectivity index is 1.62. The maximum atomic E-state index is 13.3. The number of hydrogen-bond donors (Lipinski definition) is 1. The maximum Gasteiger partial charge on any atom is 0.282 e. The fourth-order valence-electron chi connectivity index (χ4n) is 3.98. The van der Waals surface area contributed by atoms with E-state index in [-0.39, 0.29) is 23.8 Å². The number of rotatable bonds is 10. The molecule has 4 aromatic rings. The minimum atomic E-state index is -0.322. The van der Waals surface area contributed by atoms with Crippen LogP contribution in [-0.4, -0.2) is 42.6 Å². The number of carbonyl (C=O) groups is 1. The quantitative estimate of drug-likeness (QED) is 0.249. The van der Waals surface area contributed by atoms with Crippen LogP contribution in [0, 0.1) is 6.92 Å².